The fourth-order valence-electron chi connectivity index (χ4n) is 2.70. The van der Waals surface area contributed by atoms with E-state index in [1.165, 1.54) is 12.3 Å². The van der Waals surface area contributed by atoms with Gasteiger partial charge in [-0.1, -0.05) is 35.5 Å². The number of aliphatic hydroxyl groups is 1. The summed E-state index contributed by atoms with van der Waals surface area (Å²) in [5.41, 5.74) is 1.14. The van der Waals surface area contributed by atoms with Crippen LogP contribution in [-0.4, -0.2) is 30.8 Å². The van der Waals surface area contributed by atoms with Gasteiger partial charge in [0, 0.05) is 29.7 Å². The van der Waals surface area contributed by atoms with E-state index in [-0.39, 0.29) is 16.9 Å². The summed E-state index contributed by atoms with van der Waals surface area (Å²) in [4.78, 5) is 16.8. The largest absolute Gasteiger partial charge is 0.386 e. The second kappa shape index (κ2) is 8.52. The average Bonchev–Trinajstić information content (AvgIpc) is 3.06. The van der Waals surface area contributed by atoms with E-state index in [1.807, 2.05) is 35.9 Å². The molecule has 1 atom stereocenters. The number of nitrogens with zero attached hydrogens (tertiary/aromatic N) is 4. The third kappa shape index (κ3) is 5.14. The molecule has 29 heavy (non-hydrogen) atoms. The number of aromatic nitrogens is 4. The van der Waals surface area contributed by atoms with Gasteiger partial charge < -0.3 is 15.0 Å². The summed E-state index contributed by atoms with van der Waals surface area (Å²) in [6.45, 7) is 5.28. The Hall–Kier alpha value is -2.42. The average molecular weight is 432 g/mol. The molecule has 1 amide bonds. The normalized spacial score (nSPS) is 12.6. The summed E-state index contributed by atoms with van der Waals surface area (Å²) >= 11 is 7.68. The number of halogens is 1. The molecule has 0 unspecified atom stereocenters. The highest BCUT2D eigenvalue weighted by Gasteiger charge is 2.22. The maximum absolute atomic E-state index is 12.7. The molecule has 7 nitrogen and oxygen atoms in total. The number of thioether (sulfide) groups is 1. The maximum Gasteiger partial charge on any atom is 0.274 e. The monoisotopic (exact) mass is 431 g/mol. The Morgan fingerprint density at radius 1 is 1.34 bits per heavy atom. The van der Waals surface area contributed by atoms with Crippen molar-refractivity contribution in [2.24, 2.45) is 7.05 Å². The van der Waals surface area contributed by atoms with E-state index in [2.05, 4.69) is 27.4 Å². The lowest BCUT2D eigenvalue weighted by Crippen LogP contribution is -2.20. The van der Waals surface area contributed by atoms with E-state index >= 15 is 0 Å². The van der Waals surface area contributed by atoms with Crippen LogP contribution in [0.2, 0.25) is 5.02 Å². The molecule has 3 rings (SSSR count). The zero-order valence-electron chi connectivity index (χ0n) is 16.5. The molecule has 0 saturated carbocycles. The van der Waals surface area contributed by atoms with Gasteiger partial charge in [0.05, 0.1) is 10.6 Å². The Bertz CT molecular complexity index is 1030. The summed E-state index contributed by atoms with van der Waals surface area (Å²) in [7, 11) is 1.90. The van der Waals surface area contributed by atoms with Crippen molar-refractivity contribution in [2.45, 2.75) is 36.8 Å². The Morgan fingerprint density at radius 2 is 2.10 bits per heavy atom. The van der Waals surface area contributed by atoms with Crippen LogP contribution in [0.4, 0.5) is 5.69 Å². The molecule has 9 heteroatoms. The Balaban J connectivity index is 1.76. The molecule has 0 bridgehead atoms. The molecule has 3 aromatic rings. The molecule has 0 aliphatic heterocycles. The minimum Gasteiger partial charge on any atom is -0.386 e. The predicted octanol–water partition coefficient (Wildman–Crippen LogP) is 4.20. The third-order valence-electron chi connectivity index (χ3n) is 4.31. The number of pyridine rings is 1. The fraction of sp³-hybridized carbons (Fsp3) is 0.300. The summed E-state index contributed by atoms with van der Waals surface area (Å²) in [5.74, 6) is -0.377. The van der Waals surface area contributed by atoms with E-state index in [0.29, 0.717) is 16.3 Å². The number of hydrogen-bond donors (Lipinski definition) is 2. The highest BCUT2D eigenvalue weighted by Crippen LogP contribution is 2.34. The van der Waals surface area contributed by atoms with Gasteiger partial charge in [0.2, 0.25) is 0 Å². The summed E-state index contributed by atoms with van der Waals surface area (Å²) in [5, 5.41) is 22.3. The van der Waals surface area contributed by atoms with Gasteiger partial charge in [0.25, 0.3) is 5.91 Å². The lowest BCUT2D eigenvalue weighted by molar-refractivity contribution is 0.0785. The molecule has 0 aliphatic carbocycles. The first kappa shape index (κ1) is 21.3. The second-order valence-electron chi connectivity index (χ2n) is 7.17. The molecule has 2 heterocycles. The van der Waals surface area contributed by atoms with Crippen molar-refractivity contribution in [3.8, 4) is 0 Å². The molecule has 0 spiro atoms. The first-order chi connectivity index (χ1) is 13.6. The van der Waals surface area contributed by atoms with E-state index < -0.39 is 5.60 Å². The molecular formula is C20H22ClN5O2S. The number of benzene rings is 1. The van der Waals surface area contributed by atoms with Gasteiger partial charge in [0.1, 0.15) is 12.0 Å². The van der Waals surface area contributed by atoms with Crippen molar-refractivity contribution < 1.29 is 9.90 Å². The van der Waals surface area contributed by atoms with Gasteiger partial charge in [-0.05, 0) is 44.5 Å². The highest BCUT2D eigenvalue weighted by atomic mass is 35.5. The highest BCUT2D eigenvalue weighted by molar-refractivity contribution is 7.99. The lowest BCUT2D eigenvalue weighted by atomic mass is 9.98. The van der Waals surface area contributed by atoms with Crippen molar-refractivity contribution in [1.82, 2.24) is 19.7 Å². The predicted molar refractivity (Wildman–Crippen MR) is 114 cm³/mol. The van der Waals surface area contributed by atoms with Crippen LogP contribution in [0.5, 0.6) is 0 Å². The van der Waals surface area contributed by atoms with Gasteiger partial charge in [-0.2, -0.15) is 0 Å². The zero-order valence-corrected chi connectivity index (χ0v) is 18.1. The van der Waals surface area contributed by atoms with Crippen LogP contribution in [0.3, 0.4) is 0 Å². The van der Waals surface area contributed by atoms with Crippen molar-refractivity contribution in [3.63, 3.8) is 0 Å². The summed E-state index contributed by atoms with van der Waals surface area (Å²) in [6.07, 6.45) is 3.03. The van der Waals surface area contributed by atoms with Crippen molar-refractivity contribution in [3.05, 3.63) is 64.7 Å². The van der Waals surface area contributed by atoms with E-state index in [4.69, 9.17) is 11.6 Å². The zero-order chi connectivity index (χ0) is 21.2. The number of aryl methyl sites for hydroxylation is 1. The van der Waals surface area contributed by atoms with Crippen molar-refractivity contribution in [2.75, 3.05) is 5.32 Å². The standard InChI is InChI=1S/C20H22ClN5O2S/c1-12(29-19-25-23-11-26(19)4)13-6-5-7-14(8-13)24-18(27)17-9-15(20(2,3)28)16(21)10-22-17/h5-12,28H,1-4H3,(H,24,27)/t12-/m0/s1. The van der Waals surface area contributed by atoms with Crippen LogP contribution in [0, 0.1) is 0 Å². The molecule has 0 aliphatic rings. The second-order valence-corrected chi connectivity index (χ2v) is 8.89. The minimum absolute atomic E-state index is 0.116. The number of amides is 1. The number of nitrogens with one attached hydrogen (secondary N) is 1. The maximum atomic E-state index is 12.7. The number of carbonyl (C=O) groups excluding carboxylic acids is 1. The molecule has 0 fully saturated rings. The molecule has 0 radical (unpaired) electrons. The first-order valence-electron chi connectivity index (χ1n) is 8.95. The van der Waals surface area contributed by atoms with Gasteiger partial charge >= 0.3 is 0 Å². The van der Waals surface area contributed by atoms with Crippen LogP contribution in [0.1, 0.15) is 47.6 Å². The molecule has 0 saturated heterocycles. The van der Waals surface area contributed by atoms with Crippen LogP contribution in [0.15, 0.2) is 48.0 Å². The van der Waals surface area contributed by atoms with Gasteiger partial charge in [0.15, 0.2) is 5.16 Å². The van der Waals surface area contributed by atoms with Gasteiger partial charge in [-0.25, -0.2) is 4.98 Å². The third-order valence-corrected chi connectivity index (χ3v) is 5.82. The molecule has 2 N–H and O–H groups in total. The molecule has 152 valence electrons. The fourth-order valence-corrected chi connectivity index (χ4v) is 3.94. The molecule has 2 aromatic heterocycles. The topological polar surface area (TPSA) is 92.9 Å². The quantitative estimate of drug-likeness (QED) is 0.568. The Labute approximate surface area is 178 Å². The Kier molecular flexibility index (Phi) is 6.26. The Morgan fingerprint density at radius 3 is 2.76 bits per heavy atom. The smallest absolute Gasteiger partial charge is 0.274 e. The number of carbonyl (C=O) groups is 1. The van der Waals surface area contributed by atoms with Crippen LogP contribution in [0.25, 0.3) is 0 Å². The van der Waals surface area contributed by atoms with E-state index in [0.717, 1.165) is 10.7 Å². The number of anilines is 1. The molecule has 1 aromatic carbocycles. The van der Waals surface area contributed by atoms with E-state index in [9.17, 15) is 9.90 Å². The van der Waals surface area contributed by atoms with Gasteiger partial charge in [-0.3, -0.25) is 4.79 Å². The first-order valence-corrected chi connectivity index (χ1v) is 10.2. The lowest BCUT2D eigenvalue weighted by Gasteiger charge is -2.19. The van der Waals surface area contributed by atoms with Crippen LogP contribution >= 0.6 is 23.4 Å². The van der Waals surface area contributed by atoms with Crippen molar-refractivity contribution >= 4 is 35.0 Å². The molecular weight excluding hydrogens is 410 g/mol. The van der Waals surface area contributed by atoms with Crippen LogP contribution < -0.4 is 5.32 Å². The summed E-state index contributed by atoms with van der Waals surface area (Å²) in [6, 6.07) is 9.12. The number of hydrogen-bond acceptors (Lipinski definition) is 6. The van der Waals surface area contributed by atoms with Gasteiger partial charge in [-0.15, -0.1) is 10.2 Å². The van der Waals surface area contributed by atoms with E-state index in [1.54, 1.807) is 31.9 Å². The summed E-state index contributed by atoms with van der Waals surface area (Å²) < 4.78 is 1.86. The minimum atomic E-state index is -1.18. The van der Waals surface area contributed by atoms with Crippen LogP contribution in [-0.2, 0) is 12.6 Å². The number of rotatable bonds is 6. The SMILES string of the molecule is C[C@H](Sc1nncn1C)c1cccc(NC(=O)c2cc(C(C)(C)O)c(Cl)cn2)c1. The van der Waals surface area contributed by atoms with Crippen molar-refractivity contribution in [1.29, 1.82) is 0 Å².